The summed E-state index contributed by atoms with van der Waals surface area (Å²) in [6.45, 7) is 2.39. The number of likely N-dealkylation sites (tertiary alicyclic amines) is 1. The van der Waals surface area contributed by atoms with Crippen molar-refractivity contribution < 1.29 is 23.8 Å². The van der Waals surface area contributed by atoms with Gasteiger partial charge in [0.2, 0.25) is 5.91 Å². The summed E-state index contributed by atoms with van der Waals surface area (Å²) in [5.74, 6) is 7.07. The first-order chi connectivity index (χ1) is 18.0. The van der Waals surface area contributed by atoms with Crippen LogP contribution >= 0.6 is 0 Å². The molecule has 2 aliphatic rings. The molecule has 0 radical (unpaired) electrons. The number of ether oxygens (including phenoxy) is 3. The molecule has 1 aliphatic heterocycles. The number of hydrogen-bond donors (Lipinski definition) is 1. The fourth-order valence-corrected chi connectivity index (χ4v) is 4.84. The lowest BCUT2D eigenvalue weighted by Gasteiger charge is -2.18. The van der Waals surface area contributed by atoms with Crippen LogP contribution in [0.4, 0.5) is 5.69 Å². The van der Waals surface area contributed by atoms with Crippen LogP contribution in [0, 0.1) is 11.8 Å². The van der Waals surface area contributed by atoms with Gasteiger partial charge in [0, 0.05) is 11.3 Å². The zero-order valence-corrected chi connectivity index (χ0v) is 21.8. The summed E-state index contributed by atoms with van der Waals surface area (Å²) in [6.07, 6.45) is 7.04. The quantitative estimate of drug-likeness (QED) is 0.392. The molecule has 1 atom stereocenters. The number of carbonyl (C=O) groups is 2. The zero-order chi connectivity index (χ0) is 26.0. The highest BCUT2D eigenvalue weighted by atomic mass is 16.5. The predicted molar refractivity (Wildman–Crippen MR) is 143 cm³/mol. The van der Waals surface area contributed by atoms with Crippen molar-refractivity contribution in [2.45, 2.75) is 57.0 Å². The molecule has 2 aromatic carbocycles. The Morgan fingerprint density at radius 3 is 2.41 bits per heavy atom. The second kappa shape index (κ2) is 13.2. The van der Waals surface area contributed by atoms with Crippen molar-refractivity contribution in [3.63, 3.8) is 0 Å². The summed E-state index contributed by atoms with van der Waals surface area (Å²) in [4.78, 5) is 26.6. The van der Waals surface area contributed by atoms with Gasteiger partial charge in [-0.2, -0.15) is 0 Å². The van der Waals surface area contributed by atoms with Crippen LogP contribution in [0.5, 0.6) is 11.5 Å². The molecule has 1 amide bonds. The van der Waals surface area contributed by atoms with Gasteiger partial charge >= 0.3 is 5.97 Å². The van der Waals surface area contributed by atoms with Gasteiger partial charge in [0.25, 0.3) is 0 Å². The molecule has 4 rings (SSSR count). The molecule has 7 heteroatoms. The summed E-state index contributed by atoms with van der Waals surface area (Å²) in [7, 11) is 3.01. The van der Waals surface area contributed by atoms with E-state index in [2.05, 4.69) is 22.1 Å². The normalized spacial score (nSPS) is 16.5. The van der Waals surface area contributed by atoms with Crippen LogP contribution < -0.4 is 14.8 Å². The van der Waals surface area contributed by atoms with Gasteiger partial charge in [-0.15, -0.1) is 0 Å². The lowest BCUT2D eigenvalue weighted by Crippen LogP contribution is -2.30. The maximum atomic E-state index is 12.3. The lowest BCUT2D eigenvalue weighted by molar-refractivity contribution is -0.140. The minimum absolute atomic E-state index is 0.00555. The molecule has 7 nitrogen and oxygen atoms in total. The van der Waals surface area contributed by atoms with Crippen molar-refractivity contribution in [2.24, 2.45) is 0 Å². The molecule has 196 valence electrons. The van der Waals surface area contributed by atoms with Gasteiger partial charge in [0.05, 0.1) is 39.2 Å². The third-order valence-electron chi connectivity index (χ3n) is 6.91. The van der Waals surface area contributed by atoms with E-state index in [0.717, 1.165) is 55.6 Å². The Kier molecular flexibility index (Phi) is 9.45. The smallest absolute Gasteiger partial charge is 0.307 e. The summed E-state index contributed by atoms with van der Waals surface area (Å²) in [5, 5.41) is 2.95. The molecule has 0 aromatic heterocycles. The fraction of sp³-hybridized carbons (Fsp3) is 0.467. The van der Waals surface area contributed by atoms with Gasteiger partial charge in [0.1, 0.15) is 0 Å². The molecule has 37 heavy (non-hydrogen) atoms. The van der Waals surface area contributed by atoms with Crippen LogP contribution in [0.2, 0.25) is 0 Å². The maximum Gasteiger partial charge on any atom is 0.307 e. The van der Waals surface area contributed by atoms with Gasteiger partial charge < -0.3 is 19.5 Å². The SMILES string of the molecule is COC(=O)CC(C#Cc1ccc(NC(=O)CN2CCCC2)cc1)c1ccc(OC)c(OC2CCCC2)c1. The number of hydrogen-bond acceptors (Lipinski definition) is 6. The molecular weight excluding hydrogens is 468 g/mol. The monoisotopic (exact) mass is 504 g/mol. The average molecular weight is 505 g/mol. The number of methoxy groups -OCH3 is 2. The highest BCUT2D eigenvalue weighted by Gasteiger charge is 2.21. The Morgan fingerprint density at radius 1 is 1.00 bits per heavy atom. The molecule has 1 aliphatic carbocycles. The summed E-state index contributed by atoms with van der Waals surface area (Å²) < 4.78 is 16.7. The predicted octanol–water partition coefficient (Wildman–Crippen LogP) is 4.75. The highest BCUT2D eigenvalue weighted by Crippen LogP contribution is 2.35. The van der Waals surface area contributed by atoms with E-state index in [1.807, 2.05) is 42.5 Å². The number of amides is 1. The first kappa shape index (κ1) is 26.6. The molecule has 1 saturated heterocycles. The van der Waals surface area contributed by atoms with Crippen molar-refractivity contribution in [3.8, 4) is 23.3 Å². The van der Waals surface area contributed by atoms with Gasteiger partial charge in [-0.3, -0.25) is 14.5 Å². The van der Waals surface area contributed by atoms with Crippen LogP contribution in [-0.2, 0) is 14.3 Å². The first-order valence-electron chi connectivity index (χ1n) is 13.1. The second-order valence-corrected chi connectivity index (χ2v) is 9.65. The van der Waals surface area contributed by atoms with Crippen LogP contribution in [0.1, 0.15) is 62.0 Å². The number of nitrogens with zero attached hydrogens (tertiary/aromatic N) is 1. The minimum Gasteiger partial charge on any atom is -0.493 e. The molecule has 0 bridgehead atoms. The van der Waals surface area contributed by atoms with E-state index in [4.69, 9.17) is 14.2 Å². The molecule has 1 N–H and O–H groups in total. The largest absolute Gasteiger partial charge is 0.493 e. The van der Waals surface area contributed by atoms with Crippen LogP contribution in [-0.4, -0.2) is 56.7 Å². The summed E-state index contributed by atoms with van der Waals surface area (Å²) in [6, 6.07) is 13.2. The Bertz CT molecular complexity index is 1120. The number of carbonyl (C=O) groups excluding carboxylic acids is 2. The topological polar surface area (TPSA) is 77.1 Å². The minimum atomic E-state index is -0.371. The molecule has 2 fully saturated rings. The van der Waals surface area contributed by atoms with E-state index in [-0.39, 0.29) is 30.3 Å². The number of nitrogens with one attached hydrogen (secondary N) is 1. The first-order valence-corrected chi connectivity index (χ1v) is 13.1. The Labute approximate surface area is 219 Å². The van der Waals surface area contributed by atoms with Gasteiger partial charge in [-0.25, -0.2) is 0 Å². The molecule has 1 heterocycles. The van der Waals surface area contributed by atoms with Crippen LogP contribution in [0.3, 0.4) is 0 Å². The van der Waals surface area contributed by atoms with E-state index < -0.39 is 0 Å². The fourth-order valence-electron chi connectivity index (χ4n) is 4.84. The summed E-state index contributed by atoms with van der Waals surface area (Å²) in [5.41, 5.74) is 2.41. The van der Waals surface area contributed by atoms with E-state index in [1.165, 1.54) is 20.0 Å². The highest BCUT2D eigenvalue weighted by molar-refractivity contribution is 5.92. The maximum absolute atomic E-state index is 12.3. The number of esters is 1. The van der Waals surface area contributed by atoms with E-state index >= 15 is 0 Å². The van der Waals surface area contributed by atoms with Crippen molar-refractivity contribution in [1.29, 1.82) is 0 Å². The Hall–Kier alpha value is -3.50. The van der Waals surface area contributed by atoms with Crippen molar-refractivity contribution in [1.82, 2.24) is 4.90 Å². The second-order valence-electron chi connectivity index (χ2n) is 9.65. The van der Waals surface area contributed by atoms with Gasteiger partial charge in [-0.05, 0) is 93.6 Å². The number of rotatable bonds is 9. The van der Waals surface area contributed by atoms with E-state index in [1.54, 1.807) is 7.11 Å². The van der Waals surface area contributed by atoms with E-state index in [0.29, 0.717) is 18.0 Å². The van der Waals surface area contributed by atoms with Crippen molar-refractivity contribution in [2.75, 3.05) is 39.2 Å². The standard InChI is InChI=1S/C30H36N2O5/c1-35-27-16-13-23(19-28(27)37-26-7-3-4-8-26)24(20-30(34)36-2)12-9-22-10-14-25(15-11-22)31-29(33)21-32-17-5-6-18-32/h10-11,13-16,19,24,26H,3-8,17-18,20-21H2,1-2H3,(H,31,33). The van der Waals surface area contributed by atoms with E-state index in [9.17, 15) is 9.59 Å². The van der Waals surface area contributed by atoms with Crippen LogP contribution in [0.15, 0.2) is 42.5 Å². The van der Waals surface area contributed by atoms with Gasteiger partial charge in [0.15, 0.2) is 11.5 Å². The number of anilines is 1. The number of benzene rings is 2. The average Bonchev–Trinajstić information content (AvgIpc) is 3.62. The molecular formula is C30H36N2O5. The molecule has 2 aromatic rings. The zero-order valence-electron chi connectivity index (χ0n) is 21.8. The van der Waals surface area contributed by atoms with Crippen LogP contribution in [0.25, 0.3) is 0 Å². The van der Waals surface area contributed by atoms with Crippen molar-refractivity contribution >= 4 is 17.6 Å². The third-order valence-corrected chi connectivity index (χ3v) is 6.91. The molecule has 0 spiro atoms. The molecule has 1 saturated carbocycles. The lowest BCUT2D eigenvalue weighted by atomic mass is 9.95. The van der Waals surface area contributed by atoms with Gasteiger partial charge in [-0.1, -0.05) is 17.9 Å². The Morgan fingerprint density at radius 2 is 1.73 bits per heavy atom. The Balaban J connectivity index is 1.47. The van der Waals surface area contributed by atoms with Crippen molar-refractivity contribution in [3.05, 3.63) is 53.6 Å². The molecule has 1 unspecified atom stereocenters. The summed E-state index contributed by atoms with van der Waals surface area (Å²) >= 11 is 0. The third kappa shape index (κ3) is 7.74.